The standard InChI is InChI=1S/C10H20N2O/c1-3-11-10(13)7-12-8(2)9-5-4-6-9/h8-9,12H,3-7H2,1-2H3,(H,11,13). The Hall–Kier alpha value is -0.570. The molecule has 1 amide bonds. The number of likely N-dealkylation sites (N-methyl/N-ethyl adjacent to an activating group) is 1. The molecule has 1 aliphatic carbocycles. The molecule has 1 fully saturated rings. The van der Waals surface area contributed by atoms with E-state index in [1.807, 2.05) is 6.92 Å². The van der Waals surface area contributed by atoms with Crippen molar-refractivity contribution in [1.82, 2.24) is 10.6 Å². The van der Waals surface area contributed by atoms with Gasteiger partial charge >= 0.3 is 0 Å². The maximum absolute atomic E-state index is 11.1. The molecule has 0 aromatic carbocycles. The van der Waals surface area contributed by atoms with E-state index in [4.69, 9.17) is 0 Å². The molecule has 1 rings (SSSR count). The van der Waals surface area contributed by atoms with Crippen molar-refractivity contribution in [2.75, 3.05) is 13.1 Å². The van der Waals surface area contributed by atoms with E-state index in [-0.39, 0.29) is 5.91 Å². The Morgan fingerprint density at radius 3 is 2.69 bits per heavy atom. The van der Waals surface area contributed by atoms with E-state index < -0.39 is 0 Å². The summed E-state index contributed by atoms with van der Waals surface area (Å²) in [5.74, 6) is 0.906. The monoisotopic (exact) mass is 184 g/mol. The number of carbonyl (C=O) groups excluding carboxylic acids is 1. The zero-order valence-corrected chi connectivity index (χ0v) is 8.60. The van der Waals surface area contributed by atoms with E-state index in [9.17, 15) is 4.79 Å². The first-order valence-electron chi connectivity index (χ1n) is 5.24. The molecule has 0 heterocycles. The van der Waals surface area contributed by atoms with E-state index in [1.165, 1.54) is 19.3 Å². The third kappa shape index (κ3) is 3.35. The molecule has 3 heteroatoms. The number of hydrogen-bond acceptors (Lipinski definition) is 2. The Kier molecular flexibility index (Phi) is 4.22. The van der Waals surface area contributed by atoms with E-state index >= 15 is 0 Å². The van der Waals surface area contributed by atoms with Crippen LogP contribution in [0.2, 0.25) is 0 Å². The molecule has 1 atom stereocenters. The van der Waals surface area contributed by atoms with Gasteiger partial charge in [0.05, 0.1) is 6.54 Å². The molecular formula is C10H20N2O. The zero-order chi connectivity index (χ0) is 9.68. The van der Waals surface area contributed by atoms with Crippen LogP contribution in [0, 0.1) is 5.92 Å². The van der Waals surface area contributed by atoms with Crippen LogP contribution in [0.4, 0.5) is 0 Å². The number of rotatable bonds is 5. The van der Waals surface area contributed by atoms with Gasteiger partial charge in [0, 0.05) is 12.6 Å². The predicted octanol–water partition coefficient (Wildman–Crippen LogP) is 0.901. The molecular weight excluding hydrogens is 164 g/mol. The van der Waals surface area contributed by atoms with Gasteiger partial charge < -0.3 is 10.6 Å². The van der Waals surface area contributed by atoms with Crippen LogP contribution in [0.5, 0.6) is 0 Å². The minimum absolute atomic E-state index is 0.105. The van der Waals surface area contributed by atoms with Crippen LogP contribution in [0.3, 0.4) is 0 Å². The molecule has 13 heavy (non-hydrogen) atoms. The van der Waals surface area contributed by atoms with Crippen molar-refractivity contribution in [3.63, 3.8) is 0 Å². The second kappa shape index (κ2) is 5.22. The van der Waals surface area contributed by atoms with Gasteiger partial charge in [0.15, 0.2) is 0 Å². The number of carbonyl (C=O) groups is 1. The smallest absolute Gasteiger partial charge is 0.233 e. The van der Waals surface area contributed by atoms with Gasteiger partial charge in [-0.05, 0) is 32.6 Å². The molecule has 0 radical (unpaired) electrons. The summed E-state index contributed by atoms with van der Waals surface area (Å²) < 4.78 is 0. The summed E-state index contributed by atoms with van der Waals surface area (Å²) in [5.41, 5.74) is 0. The molecule has 2 N–H and O–H groups in total. The predicted molar refractivity (Wildman–Crippen MR) is 53.5 cm³/mol. The van der Waals surface area contributed by atoms with E-state index in [0.29, 0.717) is 12.6 Å². The summed E-state index contributed by atoms with van der Waals surface area (Å²) in [6.45, 7) is 5.29. The second-order valence-corrected chi connectivity index (χ2v) is 3.81. The summed E-state index contributed by atoms with van der Waals surface area (Å²) >= 11 is 0. The van der Waals surface area contributed by atoms with Crippen molar-refractivity contribution in [2.45, 2.75) is 39.2 Å². The lowest BCUT2D eigenvalue weighted by atomic mass is 9.80. The van der Waals surface area contributed by atoms with Gasteiger partial charge in [0.2, 0.25) is 5.91 Å². The van der Waals surface area contributed by atoms with Gasteiger partial charge in [-0.25, -0.2) is 0 Å². The molecule has 0 bridgehead atoms. The van der Waals surface area contributed by atoms with Crippen LogP contribution < -0.4 is 10.6 Å². The summed E-state index contributed by atoms with van der Waals surface area (Å²) in [4.78, 5) is 11.1. The highest BCUT2D eigenvalue weighted by atomic mass is 16.1. The van der Waals surface area contributed by atoms with Crippen molar-refractivity contribution in [2.24, 2.45) is 5.92 Å². The van der Waals surface area contributed by atoms with Crippen molar-refractivity contribution in [1.29, 1.82) is 0 Å². The van der Waals surface area contributed by atoms with Crippen LogP contribution in [0.25, 0.3) is 0 Å². The highest BCUT2D eigenvalue weighted by molar-refractivity contribution is 5.77. The quantitative estimate of drug-likeness (QED) is 0.666. The molecule has 0 aliphatic heterocycles. The van der Waals surface area contributed by atoms with Crippen LogP contribution in [-0.4, -0.2) is 25.0 Å². The van der Waals surface area contributed by atoms with Gasteiger partial charge in [0.25, 0.3) is 0 Å². The van der Waals surface area contributed by atoms with Gasteiger partial charge in [-0.1, -0.05) is 6.42 Å². The first-order valence-corrected chi connectivity index (χ1v) is 5.24. The Balaban J connectivity index is 2.06. The van der Waals surface area contributed by atoms with Gasteiger partial charge in [0.1, 0.15) is 0 Å². The molecule has 0 spiro atoms. The minimum atomic E-state index is 0.105. The Morgan fingerprint density at radius 2 is 2.23 bits per heavy atom. The first-order chi connectivity index (χ1) is 6.24. The maximum atomic E-state index is 11.1. The summed E-state index contributed by atoms with van der Waals surface area (Å²) in [7, 11) is 0. The highest BCUT2D eigenvalue weighted by Gasteiger charge is 2.23. The molecule has 1 aliphatic rings. The molecule has 0 saturated heterocycles. The van der Waals surface area contributed by atoms with Gasteiger partial charge in [-0.15, -0.1) is 0 Å². The largest absolute Gasteiger partial charge is 0.355 e. The van der Waals surface area contributed by atoms with Crippen LogP contribution >= 0.6 is 0 Å². The number of amides is 1. The molecule has 1 saturated carbocycles. The van der Waals surface area contributed by atoms with Crippen molar-refractivity contribution in [3.8, 4) is 0 Å². The lowest BCUT2D eigenvalue weighted by molar-refractivity contribution is -0.120. The topological polar surface area (TPSA) is 41.1 Å². The Labute approximate surface area is 80.3 Å². The van der Waals surface area contributed by atoms with Crippen LogP contribution in [-0.2, 0) is 4.79 Å². The Morgan fingerprint density at radius 1 is 1.54 bits per heavy atom. The fourth-order valence-electron chi connectivity index (χ4n) is 1.62. The third-order valence-corrected chi connectivity index (χ3v) is 2.82. The average Bonchev–Trinajstić information content (AvgIpc) is 1.98. The van der Waals surface area contributed by atoms with E-state index in [1.54, 1.807) is 0 Å². The van der Waals surface area contributed by atoms with Gasteiger partial charge in [-0.3, -0.25) is 4.79 Å². The normalized spacial score (nSPS) is 19.2. The zero-order valence-electron chi connectivity index (χ0n) is 8.60. The SMILES string of the molecule is CCNC(=O)CNC(C)C1CCC1. The van der Waals surface area contributed by atoms with E-state index in [2.05, 4.69) is 17.6 Å². The van der Waals surface area contributed by atoms with E-state index in [0.717, 1.165) is 12.5 Å². The third-order valence-electron chi connectivity index (χ3n) is 2.82. The molecule has 0 aromatic rings. The second-order valence-electron chi connectivity index (χ2n) is 3.81. The van der Waals surface area contributed by atoms with Crippen molar-refractivity contribution < 1.29 is 4.79 Å². The van der Waals surface area contributed by atoms with Gasteiger partial charge in [-0.2, -0.15) is 0 Å². The van der Waals surface area contributed by atoms with Crippen molar-refractivity contribution in [3.05, 3.63) is 0 Å². The van der Waals surface area contributed by atoms with Crippen LogP contribution in [0.1, 0.15) is 33.1 Å². The maximum Gasteiger partial charge on any atom is 0.233 e. The van der Waals surface area contributed by atoms with Crippen LogP contribution in [0.15, 0.2) is 0 Å². The summed E-state index contributed by atoms with van der Waals surface area (Å²) in [5, 5.41) is 6.03. The molecule has 76 valence electrons. The highest BCUT2D eigenvalue weighted by Crippen LogP contribution is 2.29. The minimum Gasteiger partial charge on any atom is -0.355 e. The fraction of sp³-hybridized carbons (Fsp3) is 0.900. The molecule has 3 nitrogen and oxygen atoms in total. The summed E-state index contributed by atoms with van der Waals surface area (Å²) in [6, 6.07) is 0.497. The lowest BCUT2D eigenvalue weighted by Crippen LogP contribution is -2.42. The Bertz CT molecular complexity index is 166. The lowest BCUT2D eigenvalue weighted by Gasteiger charge is -2.31. The first kappa shape index (κ1) is 10.5. The molecule has 0 aromatic heterocycles. The van der Waals surface area contributed by atoms with Crippen molar-refractivity contribution >= 4 is 5.91 Å². The number of nitrogens with one attached hydrogen (secondary N) is 2. The summed E-state index contributed by atoms with van der Waals surface area (Å²) in [6.07, 6.45) is 4.00. The number of hydrogen-bond donors (Lipinski definition) is 2. The molecule has 1 unspecified atom stereocenters. The average molecular weight is 184 g/mol. The fourth-order valence-corrected chi connectivity index (χ4v) is 1.62.